The van der Waals surface area contributed by atoms with Crippen molar-refractivity contribution in [3.8, 4) is 0 Å². The minimum absolute atomic E-state index is 0.453. The molecule has 2 atom stereocenters. The van der Waals surface area contributed by atoms with E-state index in [1.807, 2.05) is 0 Å². The number of piperidine rings is 1. The van der Waals surface area contributed by atoms with Gasteiger partial charge in [-0.1, -0.05) is 6.42 Å². The summed E-state index contributed by atoms with van der Waals surface area (Å²) in [4.78, 5) is 0. The van der Waals surface area contributed by atoms with Crippen LogP contribution in [0.15, 0.2) is 0 Å². The van der Waals surface area contributed by atoms with Gasteiger partial charge in [-0.25, -0.2) is 8.78 Å². The highest BCUT2D eigenvalue weighted by atomic mass is 19.3. The van der Waals surface area contributed by atoms with E-state index in [1.54, 1.807) is 0 Å². The lowest BCUT2D eigenvalue weighted by Crippen LogP contribution is -2.55. The van der Waals surface area contributed by atoms with Gasteiger partial charge in [0, 0.05) is 6.04 Å². The molecule has 1 saturated heterocycles. The van der Waals surface area contributed by atoms with Gasteiger partial charge in [-0.15, -0.1) is 0 Å². The van der Waals surface area contributed by atoms with Crippen molar-refractivity contribution in [1.29, 1.82) is 0 Å². The van der Waals surface area contributed by atoms with Crippen molar-refractivity contribution in [2.24, 2.45) is 0 Å². The molecule has 2 nitrogen and oxygen atoms in total. The van der Waals surface area contributed by atoms with Crippen LogP contribution in [0, 0.1) is 0 Å². The maximum Gasteiger partial charge on any atom is 0.268 e. The predicted octanol–water partition coefficient (Wildman–Crippen LogP) is 1.14. The van der Waals surface area contributed by atoms with E-state index in [0.717, 1.165) is 19.4 Å². The second-order valence-electron chi connectivity index (χ2n) is 3.53. The van der Waals surface area contributed by atoms with Crippen molar-refractivity contribution in [3.63, 3.8) is 0 Å². The lowest BCUT2D eigenvalue weighted by molar-refractivity contribution is -0.109. The zero-order valence-corrected chi connectivity index (χ0v) is 7.19. The Labute approximate surface area is 71.0 Å². The molecular weight excluding hydrogens is 164 g/mol. The zero-order chi connectivity index (χ0) is 9.19. The molecule has 0 aromatic rings. The molecule has 0 spiro atoms. The van der Waals surface area contributed by atoms with Gasteiger partial charge in [0.1, 0.15) is 5.60 Å². The van der Waals surface area contributed by atoms with Gasteiger partial charge < -0.3 is 10.4 Å². The summed E-state index contributed by atoms with van der Waals surface area (Å²) in [5.74, 6) is 0. The summed E-state index contributed by atoms with van der Waals surface area (Å²) in [6.45, 7) is 1.92. The molecule has 1 fully saturated rings. The van der Waals surface area contributed by atoms with Gasteiger partial charge in [0.15, 0.2) is 0 Å². The van der Waals surface area contributed by atoms with Crippen LogP contribution in [-0.2, 0) is 0 Å². The summed E-state index contributed by atoms with van der Waals surface area (Å²) in [7, 11) is 0. The quantitative estimate of drug-likeness (QED) is 0.666. The van der Waals surface area contributed by atoms with Crippen molar-refractivity contribution >= 4 is 0 Å². The predicted molar refractivity (Wildman–Crippen MR) is 42.3 cm³/mol. The van der Waals surface area contributed by atoms with Crippen LogP contribution in [0.1, 0.15) is 26.2 Å². The third-order valence-electron chi connectivity index (χ3n) is 2.46. The van der Waals surface area contributed by atoms with Crippen molar-refractivity contribution in [1.82, 2.24) is 5.32 Å². The van der Waals surface area contributed by atoms with E-state index in [1.165, 1.54) is 6.92 Å². The molecule has 0 aromatic carbocycles. The Morgan fingerprint density at radius 2 is 2.17 bits per heavy atom. The fourth-order valence-electron chi connectivity index (χ4n) is 1.50. The highest BCUT2D eigenvalue weighted by Crippen LogP contribution is 2.24. The van der Waals surface area contributed by atoms with E-state index in [0.29, 0.717) is 6.42 Å². The van der Waals surface area contributed by atoms with Gasteiger partial charge in [-0.2, -0.15) is 0 Å². The maximum absolute atomic E-state index is 12.3. The Morgan fingerprint density at radius 1 is 1.50 bits per heavy atom. The van der Waals surface area contributed by atoms with E-state index in [-0.39, 0.29) is 0 Å². The van der Waals surface area contributed by atoms with Gasteiger partial charge >= 0.3 is 0 Å². The number of rotatable bonds is 2. The molecule has 1 heterocycles. The SMILES string of the molecule is CC(O)(C(F)F)C1CCCCN1. The number of hydrogen-bond acceptors (Lipinski definition) is 2. The van der Waals surface area contributed by atoms with E-state index in [2.05, 4.69) is 5.32 Å². The van der Waals surface area contributed by atoms with E-state index < -0.39 is 18.1 Å². The molecule has 0 bridgehead atoms. The second kappa shape index (κ2) is 3.66. The smallest absolute Gasteiger partial charge is 0.268 e. The van der Waals surface area contributed by atoms with Crippen LogP contribution >= 0.6 is 0 Å². The van der Waals surface area contributed by atoms with Crippen LogP contribution < -0.4 is 5.32 Å². The number of halogens is 2. The van der Waals surface area contributed by atoms with Crippen molar-refractivity contribution in [3.05, 3.63) is 0 Å². The Hall–Kier alpha value is -0.220. The zero-order valence-electron chi connectivity index (χ0n) is 7.19. The van der Waals surface area contributed by atoms with Gasteiger partial charge in [-0.3, -0.25) is 0 Å². The van der Waals surface area contributed by atoms with Crippen LogP contribution in [-0.4, -0.2) is 29.7 Å². The molecule has 1 rings (SSSR count). The molecule has 0 aromatic heterocycles. The fraction of sp³-hybridized carbons (Fsp3) is 1.00. The highest BCUT2D eigenvalue weighted by Gasteiger charge is 2.40. The van der Waals surface area contributed by atoms with Crippen LogP contribution in [0.4, 0.5) is 8.78 Å². The minimum Gasteiger partial charge on any atom is -0.383 e. The summed E-state index contributed by atoms with van der Waals surface area (Å²) in [6.07, 6.45) is -0.110. The van der Waals surface area contributed by atoms with Gasteiger partial charge in [0.25, 0.3) is 6.43 Å². The van der Waals surface area contributed by atoms with Crippen molar-refractivity contribution < 1.29 is 13.9 Å². The number of nitrogens with one attached hydrogen (secondary N) is 1. The molecule has 0 amide bonds. The summed E-state index contributed by atoms with van der Waals surface area (Å²) in [6, 6.07) is -0.453. The highest BCUT2D eigenvalue weighted by molar-refractivity contribution is 4.91. The maximum atomic E-state index is 12.3. The van der Waals surface area contributed by atoms with Crippen LogP contribution in [0.25, 0.3) is 0 Å². The van der Waals surface area contributed by atoms with E-state index in [4.69, 9.17) is 0 Å². The Bertz CT molecular complexity index is 144. The van der Waals surface area contributed by atoms with Gasteiger partial charge in [-0.05, 0) is 26.3 Å². The molecule has 72 valence electrons. The summed E-state index contributed by atoms with van der Waals surface area (Å²) >= 11 is 0. The third-order valence-corrected chi connectivity index (χ3v) is 2.46. The molecule has 0 radical (unpaired) electrons. The van der Waals surface area contributed by atoms with E-state index >= 15 is 0 Å². The second-order valence-corrected chi connectivity index (χ2v) is 3.53. The minimum atomic E-state index is -2.67. The Morgan fingerprint density at radius 3 is 2.58 bits per heavy atom. The Kier molecular flexibility index (Phi) is 3.01. The van der Waals surface area contributed by atoms with E-state index in [9.17, 15) is 13.9 Å². The molecule has 1 aliphatic heterocycles. The molecular formula is C8H15F2NO. The number of hydrogen-bond donors (Lipinski definition) is 2. The lowest BCUT2D eigenvalue weighted by atomic mass is 9.90. The van der Waals surface area contributed by atoms with Gasteiger partial charge in [0.05, 0.1) is 0 Å². The standard InChI is InChI=1S/C8H15F2NO/c1-8(12,7(9)10)6-4-2-3-5-11-6/h6-7,11-12H,2-5H2,1H3. The molecule has 0 aliphatic carbocycles. The first kappa shape index (κ1) is 9.86. The topological polar surface area (TPSA) is 32.3 Å². The monoisotopic (exact) mass is 179 g/mol. The third kappa shape index (κ3) is 1.93. The van der Waals surface area contributed by atoms with Gasteiger partial charge in [0.2, 0.25) is 0 Å². The van der Waals surface area contributed by atoms with Crippen LogP contribution in [0.2, 0.25) is 0 Å². The van der Waals surface area contributed by atoms with Crippen LogP contribution in [0.5, 0.6) is 0 Å². The summed E-state index contributed by atoms with van der Waals surface area (Å²) < 4.78 is 24.6. The molecule has 2 unspecified atom stereocenters. The number of aliphatic hydroxyl groups is 1. The van der Waals surface area contributed by atoms with Crippen LogP contribution in [0.3, 0.4) is 0 Å². The molecule has 12 heavy (non-hydrogen) atoms. The fourth-order valence-corrected chi connectivity index (χ4v) is 1.50. The molecule has 0 saturated carbocycles. The van der Waals surface area contributed by atoms with Crippen molar-refractivity contribution in [2.75, 3.05) is 6.54 Å². The average molecular weight is 179 g/mol. The summed E-state index contributed by atoms with van der Waals surface area (Å²) in [5.41, 5.74) is -1.87. The average Bonchev–Trinajstić information content (AvgIpc) is 2.06. The summed E-state index contributed by atoms with van der Waals surface area (Å²) in [5, 5.41) is 12.3. The first-order valence-electron chi connectivity index (χ1n) is 4.29. The van der Waals surface area contributed by atoms with Crippen molar-refractivity contribution in [2.45, 2.75) is 44.3 Å². The normalized spacial score (nSPS) is 30.2. The lowest BCUT2D eigenvalue weighted by Gasteiger charge is -2.35. The Balaban J connectivity index is 2.53. The molecule has 4 heteroatoms. The number of alkyl halides is 2. The largest absolute Gasteiger partial charge is 0.383 e. The first-order chi connectivity index (χ1) is 5.55. The first-order valence-corrected chi connectivity index (χ1v) is 4.29. The molecule has 1 aliphatic rings. The molecule has 2 N–H and O–H groups in total.